The van der Waals surface area contributed by atoms with Gasteiger partial charge in [-0.05, 0) is 49.9 Å². The summed E-state index contributed by atoms with van der Waals surface area (Å²) >= 11 is 5.83. The Hall–Kier alpha value is -2.73. The molecule has 0 unspecified atom stereocenters. The SMILES string of the molecule is CCOC(=O)[C@H](Cc1ccc(OCC)cc1)N(CCCCCl)C(=O)OCc1ccccc1. The molecule has 0 aliphatic carbocycles. The van der Waals surface area contributed by atoms with Crippen molar-refractivity contribution in [2.24, 2.45) is 0 Å². The highest BCUT2D eigenvalue weighted by Crippen LogP contribution is 2.18. The van der Waals surface area contributed by atoms with Gasteiger partial charge in [0, 0.05) is 18.8 Å². The van der Waals surface area contributed by atoms with Gasteiger partial charge >= 0.3 is 12.1 Å². The van der Waals surface area contributed by atoms with E-state index in [1.54, 1.807) is 6.92 Å². The summed E-state index contributed by atoms with van der Waals surface area (Å²) in [6.07, 6.45) is 1.14. The number of alkyl halides is 1. The normalized spacial score (nSPS) is 11.5. The molecular weight excluding hydrogens is 430 g/mol. The standard InChI is InChI=1S/C25H32ClNO5/c1-3-30-22-14-12-20(13-15-22)18-23(24(28)31-4-2)27(17-9-8-16-26)25(29)32-19-21-10-6-5-7-11-21/h5-7,10-15,23H,3-4,8-9,16-19H2,1-2H3/t23-/m0/s1. The van der Waals surface area contributed by atoms with Crippen LogP contribution in [0.5, 0.6) is 5.75 Å². The first kappa shape index (κ1) is 25.5. The van der Waals surface area contributed by atoms with Gasteiger partial charge in [-0.15, -0.1) is 11.6 Å². The van der Waals surface area contributed by atoms with Gasteiger partial charge in [-0.3, -0.25) is 4.90 Å². The van der Waals surface area contributed by atoms with Crippen molar-refractivity contribution in [2.45, 2.75) is 45.8 Å². The summed E-state index contributed by atoms with van der Waals surface area (Å²) in [7, 11) is 0. The lowest BCUT2D eigenvalue weighted by Gasteiger charge is -2.29. The zero-order valence-electron chi connectivity index (χ0n) is 18.8. The molecule has 0 aliphatic rings. The van der Waals surface area contributed by atoms with Gasteiger partial charge < -0.3 is 14.2 Å². The first-order chi connectivity index (χ1) is 15.6. The summed E-state index contributed by atoms with van der Waals surface area (Å²) in [5, 5.41) is 0. The van der Waals surface area contributed by atoms with Gasteiger partial charge in [0.1, 0.15) is 18.4 Å². The molecular formula is C25H32ClNO5. The van der Waals surface area contributed by atoms with Crippen molar-refractivity contribution in [1.82, 2.24) is 4.90 Å². The molecule has 7 heteroatoms. The van der Waals surface area contributed by atoms with Crippen molar-refractivity contribution in [2.75, 3.05) is 25.6 Å². The molecule has 0 saturated heterocycles. The van der Waals surface area contributed by atoms with Crippen molar-refractivity contribution in [3.05, 3.63) is 65.7 Å². The van der Waals surface area contributed by atoms with E-state index in [1.807, 2.05) is 61.5 Å². The minimum Gasteiger partial charge on any atom is -0.494 e. The van der Waals surface area contributed by atoms with Crippen LogP contribution in [-0.2, 0) is 27.3 Å². The summed E-state index contributed by atoms with van der Waals surface area (Å²) in [5.74, 6) is 0.782. The predicted molar refractivity (Wildman–Crippen MR) is 125 cm³/mol. The van der Waals surface area contributed by atoms with Crippen LogP contribution >= 0.6 is 11.6 Å². The van der Waals surface area contributed by atoms with Gasteiger partial charge in [0.25, 0.3) is 0 Å². The molecule has 1 amide bonds. The van der Waals surface area contributed by atoms with Gasteiger partial charge in [-0.25, -0.2) is 9.59 Å². The first-order valence-corrected chi connectivity index (χ1v) is 11.5. The molecule has 174 valence electrons. The van der Waals surface area contributed by atoms with Crippen LogP contribution < -0.4 is 4.74 Å². The lowest BCUT2D eigenvalue weighted by atomic mass is 10.0. The van der Waals surface area contributed by atoms with E-state index < -0.39 is 18.1 Å². The van der Waals surface area contributed by atoms with Crippen molar-refractivity contribution in [1.29, 1.82) is 0 Å². The van der Waals surface area contributed by atoms with E-state index in [2.05, 4.69) is 0 Å². The molecule has 0 fully saturated rings. The molecule has 2 rings (SSSR count). The van der Waals surface area contributed by atoms with E-state index >= 15 is 0 Å². The van der Waals surface area contributed by atoms with E-state index in [-0.39, 0.29) is 13.2 Å². The third-order valence-corrected chi connectivity index (χ3v) is 5.09. The molecule has 0 aliphatic heterocycles. The van der Waals surface area contributed by atoms with E-state index in [0.717, 1.165) is 23.3 Å². The Balaban J connectivity index is 2.20. The molecule has 0 N–H and O–H groups in total. The fourth-order valence-electron chi connectivity index (χ4n) is 3.22. The maximum atomic E-state index is 13.0. The highest BCUT2D eigenvalue weighted by atomic mass is 35.5. The van der Waals surface area contributed by atoms with E-state index in [9.17, 15) is 9.59 Å². The molecule has 2 aromatic carbocycles. The molecule has 0 aromatic heterocycles. The number of ether oxygens (including phenoxy) is 3. The number of benzene rings is 2. The highest BCUT2D eigenvalue weighted by molar-refractivity contribution is 6.17. The van der Waals surface area contributed by atoms with E-state index in [1.165, 1.54) is 4.90 Å². The summed E-state index contributed by atoms with van der Waals surface area (Å²) in [6.45, 7) is 4.95. The van der Waals surface area contributed by atoms with Crippen LogP contribution in [0.4, 0.5) is 4.79 Å². The predicted octanol–water partition coefficient (Wildman–Crippen LogP) is 5.22. The average Bonchev–Trinajstić information content (AvgIpc) is 2.81. The Morgan fingerprint density at radius 1 is 0.906 bits per heavy atom. The highest BCUT2D eigenvalue weighted by Gasteiger charge is 2.32. The largest absolute Gasteiger partial charge is 0.494 e. The van der Waals surface area contributed by atoms with E-state index in [4.69, 9.17) is 25.8 Å². The molecule has 1 atom stereocenters. The van der Waals surface area contributed by atoms with Crippen LogP contribution in [0.15, 0.2) is 54.6 Å². The van der Waals surface area contributed by atoms with Crippen LogP contribution in [0.25, 0.3) is 0 Å². The second-order valence-corrected chi connectivity index (χ2v) is 7.56. The number of carbonyl (C=O) groups excluding carboxylic acids is 2. The number of carbonyl (C=O) groups is 2. The summed E-state index contributed by atoms with van der Waals surface area (Å²) in [5.41, 5.74) is 1.77. The van der Waals surface area contributed by atoms with Crippen molar-refractivity contribution < 1.29 is 23.8 Å². The molecule has 0 heterocycles. The van der Waals surface area contributed by atoms with Crippen LogP contribution in [0.1, 0.15) is 37.8 Å². The topological polar surface area (TPSA) is 65.1 Å². The molecule has 0 radical (unpaired) electrons. The van der Waals surface area contributed by atoms with Crippen LogP contribution in [0.2, 0.25) is 0 Å². The number of unbranched alkanes of at least 4 members (excludes halogenated alkanes) is 1. The maximum absolute atomic E-state index is 13.0. The van der Waals surface area contributed by atoms with Gasteiger partial charge in [-0.2, -0.15) is 0 Å². The van der Waals surface area contributed by atoms with Crippen LogP contribution in [0, 0.1) is 0 Å². The Kier molecular flexibility index (Phi) is 11.5. The fraction of sp³-hybridized carbons (Fsp3) is 0.440. The summed E-state index contributed by atoms with van der Waals surface area (Å²) in [6, 6.07) is 16.1. The lowest BCUT2D eigenvalue weighted by molar-refractivity contribution is -0.149. The Labute approximate surface area is 195 Å². The third-order valence-electron chi connectivity index (χ3n) is 4.82. The lowest BCUT2D eigenvalue weighted by Crippen LogP contribution is -2.48. The monoisotopic (exact) mass is 461 g/mol. The number of esters is 1. The Morgan fingerprint density at radius 2 is 1.62 bits per heavy atom. The smallest absolute Gasteiger partial charge is 0.410 e. The van der Waals surface area contributed by atoms with Crippen molar-refractivity contribution >= 4 is 23.7 Å². The Bertz CT molecular complexity index is 813. The second-order valence-electron chi connectivity index (χ2n) is 7.18. The number of hydrogen-bond acceptors (Lipinski definition) is 5. The number of amides is 1. The number of hydrogen-bond donors (Lipinski definition) is 0. The molecule has 2 aromatic rings. The average molecular weight is 462 g/mol. The van der Waals surface area contributed by atoms with Crippen molar-refractivity contribution in [3.8, 4) is 5.75 Å². The summed E-state index contributed by atoms with van der Waals surface area (Å²) in [4.78, 5) is 27.3. The Morgan fingerprint density at radius 3 is 2.25 bits per heavy atom. The van der Waals surface area contributed by atoms with Gasteiger partial charge in [0.05, 0.1) is 13.2 Å². The summed E-state index contributed by atoms with van der Waals surface area (Å²) < 4.78 is 16.3. The molecule has 0 bridgehead atoms. The minimum atomic E-state index is -0.800. The quantitative estimate of drug-likeness (QED) is 0.232. The van der Waals surface area contributed by atoms with Gasteiger partial charge in [-0.1, -0.05) is 42.5 Å². The zero-order valence-corrected chi connectivity index (χ0v) is 19.6. The molecule has 6 nitrogen and oxygen atoms in total. The van der Waals surface area contributed by atoms with Gasteiger partial charge in [0.2, 0.25) is 0 Å². The van der Waals surface area contributed by atoms with E-state index in [0.29, 0.717) is 31.9 Å². The third kappa shape index (κ3) is 8.42. The number of rotatable bonds is 13. The number of nitrogens with zero attached hydrogens (tertiary/aromatic N) is 1. The molecule has 32 heavy (non-hydrogen) atoms. The van der Waals surface area contributed by atoms with Crippen LogP contribution in [0.3, 0.4) is 0 Å². The van der Waals surface area contributed by atoms with Crippen LogP contribution in [-0.4, -0.2) is 48.6 Å². The zero-order chi connectivity index (χ0) is 23.2. The number of halogens is 1. The molecule has 0 saturated carbocycles. The first-order valence-electron chi connectivity index (χ1n) is 11.0. The molecule has 0 spiro atoms. The van der Waals surface area contributed by atoms with Crippen molar-refractivity contribution in [3.63, 3.8) is 0 Å². The minimum absolute atomic E-state index is 0.129. The maximum Gasteiger partial charge on any atom is 0.410 e. The second kappa shape index (κ2) is 14.4. The fourth-order valence-corrected chi connectivity index (χ4v) is 3.41. The van der Waals surface area contributed by atoms with Gasteiger partial charge in [0.15, 0.2) is 0 Å².